The summed E-state index contributed by atoms with van der Waals surface area (Å²) < 4.78 is 10.6. The van der Waals surface area contributed by atoms with Crippen LogP contribution in [-0.2, 0) is 14.4 Å². The Morgan fingerprint density at radius 2 is 1.56 bits per heavy atom. The molecule has 5 amide bonds. The number of aryl methyl sites for hydroxylation is 1. The second kappa shape index (κ2) is 21.4. The second-order valence-corrected chi connectivity index (χ2v) is 19.0. The van der Waals surface area contributed by atoms with Crippen LogP contribution >= 0.6 is 11.3 Å². The number of nitrogens with one attached hydrogen (secondary N) is 4. The topological polar surface area (TPSA) is 207 Å². The fourth-order valence-corrected chi connectivity index (χ4v) is 9.09. The van der Waals surface area contributed by atoms with Crippen LogP contribution < -0.4 is 40.5 Å². The summed E-state index contributed by atoms with van der Waals surface area (Å²) in [6.45, 7) is 12.2. The van der Waals surface area contributed by atoms with Gasteiger partial charge in [0.2, 0.25) is 17.7 Å². The number of likely N-dealkylation sites (tertiary alicyclic amines) is 1. The molecule has 3 aromatic carbocycles. The first-order chi connectivity index (χ1) is 32.5. The van der Waals surface area contributed by atoms with Crippen molar-refractivity contribution in [3.8, 4) is 21.9 Å². The van der Waals surface area contributed by atoms with E-state index in [1.165, 1.54) is 30.3 Å². The Balaban J connectivity index is 0.888. The molecule has 4 heterocycles. The van der Waals surface area contributed by atoms with Crippen molar-refractivity contribution in [2.24, 2.45) is 5.41 Å². The number of carbonyl (C=O) groups excluding carboxylic acids is 4. The number of hydrogen-bond acceptors (Lipinski definition) is 14. The predicted octanol–water partition coefficient (Wildman–Crippen LogP) is 5.83. The largest absolute Gasteiger partial charge is 0.497 e. The van der Waals surface area contributed by atoms with Crippen LogP contribution in [-0.4, -0.2) is 132 Å². The zero-order valence-electron chi connectivity index (χ0n) is 39.8. The molecule has 4 atom stereocenters. The number of rotatable bonds is 15. The van der Waals surface area contributed by atoms with Gasteiger partial charge >= 0.3 is 6.03 Å². The van der Waals surface area contributed by atoms with Gasteiger partial charge in [0, 0.05) is 87.5 Å². The number of ether oxygens (including phenoxy) is 2. The summed E-state index contributed by atoms with van der Waals surface area (Å²) in [5.41, 5.74) is 6.38. The van der Waals surface area contributed by atoms with Crippen molar-refractivity contribution in [2.45, 2.75) is 65.3 Å². The number of piperazine rings is 1. The lowest BCUT2D eigenvalue weighted by molar-refractivity contribution is -0.144. The van der Waals surface area contributed by atoms with Gasteiger partial charge < -0.3 is 45.6 Å². The van der Waals surface area contributed by atoms with Gasteiger partial charge in [0.1, 0.15) is 41.5 Å². The molecule has 0 unspecified atom stereocenters. The number of carbonyl (C=O) groups is 4. The molecule has 19 heteroatoms. The fourth-order valence-electron chi connectivity index (χ4n) is 8.28. The van der Waals surface area contributed by atoms with Crippen molar-refractivity contribution >= 4 is 63.8 Å². The first-order valence-corrected chi connectivity index (χ1v) is 23.4. The number of nitrogens with zero attached hydrogens (tertiary/aromatic N) is 7. The lowest BCUT2D eigenvalue weighted by atomic mass is 9.85. The summed E-state index contributed by atoms with van der Waals surface area (Å²) in [4.78, 5) is 75.9. The molecular weight excluding hydrogens is 887 g/mol. The third-order valence-electron chi connectivity index (χ3n) is 12.2. The molecule has 5 N–H and O–H groups in total. The second-order valence-electron chi connectivity index (χ2n) is 18.2. The molecule has 7 rings (SSSR count). The number of aliphatic hydroxyl groups excluding tert-OH is 1. The Kier molecular flexibility index (Phi) is 15.5. The number of aliphatic hydroxyl groups is 1. The van der Waals surface area contributed by atoms with Crippen molar-refractivity contribution in [1.82, 2.24) is 35.4 Å². The number of amides is 5. The lowest BCUT2D eigenvalue weighted by Crippen LogP contribution is -2.59. The van der Waals surface area contributed by atoms with Crippen LogP contribution in [0.15, 0.2) is 84.6 Å². The molecule has 360 valence electrons. The highest BCUT2D eigenvalue weighted by molar-refractivity contribution is 7.13. The van der Waals surface area contributed by atoms with Crippen LogP contribution in [0.5, 0.6) is 11.5 Å². The smallest absolute Gasteiger partial charge is 0.327 e. The maximum atomic E-state index is 14.3. The van der Waals surface area contributed by atoms with Gasteiger partial charge in [-0.05, 0) is 54.7 Å². The Bertz CT molecular complexity index is 2540. The van der Waals surface area contributed by atoms with E-state index in [1.54, 1.807) is 42.6 Å². The van der Waals surface area contributed by atoms with E-state index in [1.807, 2.05) is 88.7 Å². The molecular formula is C49H61N11O7S. The highest BCUT2D eigenvalue weighted by Crippen LogP contribution is 2.31. The molecule has 0 radical (unpaired) electrons. The fraction of sp³-hybridized carbons (Fsp3) is 0.408. The lowest BCUT2D eigenvalue weighted by Gasteiger charge is -2.37. The maximum absolute atomic E-state index is 14.3. The van der Waals surface area contributed by atoms with Crippen LogP contribution in [0.1, 0.15) is 51.4 Å². The van der Waals surface area contributed by atoms with Gasteiger partial charge in [0.25, 0.3) is 0 Å². The molecule has 0 aliphatic carbocycles. The minimum Gasteiger partial charge on any atom is -0.497 e. The highest BCUT2D eigenvalue weighted by Gasteiger charge is 2.45. The molecule has 0 spiro atoms. The monoisotopic (exact) mass is 947 g/mol. The average Bonchev–Trinajstić information content (AvgIpc) is 3.95. The quantitative estimate of drug-likeness (QED) is 0.0839. The van der Waals surface area contributed by atoms with Crippen molar-refractivity contribution in [2.75, 3.05) is 81.0 Å². The molecule has 2 saturated heterocycles. The molecule has 0 bridgehead atoms. The third-order valence-corrected chi connectivity index (χ3v) is 13.2. The number of aromatic nitrogens is 3. The highest BCUT2D eigenvalue weighted by atomic mass is 32.1. The summed E-state index contributed by atoms with van der Waals surface area (Å²) in [5, 5.41) is 22.9. The van der Waals surface area contributed by atoms with Crippen LogP contribution in [0.3, 0.4) is 0 Å². The van der Waals surface area contributed by atoms with Gasteiger partial charge in [0.05, 0.1) is 49.0 Å². The predicted molar refractivity (Wildman–Crippen MR) is 264 cm³/mol. The molecule has 5 aromatic rings. The summed E-state index contributed by atoms with van der Waals surface area (Å²) in [5.74, 6) is 0.921. The van der Waals surface area contributed by atoms with Gasteiger partial charge in [-0.25, -0.2) is 19.7 Å². The standard InChI is InChI=1S/C49H61N11O7S/c1-30(32-9-11-33(12-10-32)44-31(2)52-29-68-44)53-46(63)40-23-37(61)26-60(40)47(64)45(49(3,4)5)56-43(62)27-58-17-19-59(20-18-58)36-15-13-34(14-16-36)54-41-25-42(51-28-50-41)57(6)48(65)55-35-21-38(66-7)24-39(22-35)67-8/h9-16,21-22,24-25,28-30,37,40,45,61H,17-20,23,26-27H2,1-8H3,(H,53,63)(H,55,65)(H,56,62)(H,50,51,54)/t30-,37+,40-,45+/m0/s1. The summed E-state index contributed by atoms with van der Waals surface area (Å²) in [7, 11) is 4.69. The zero-order valence-corrected chi connectivity index (χ0v) is 40.6. The van der Waals surface area contributed by atoms with E-state index >= 15 is 0 Å². The Morgan fingerprint density at radius 3 is 2.18 bits per heavy atom. The number of methoxy groups -OCH3 is 2. The van der Waals surface area contributed by atoms with Gasteiger partial charge in [-0.2, -0.15) is 0 Å². The van der Waals surface area contributed by atoms with Crippen LogP contribution in [0.2, 0.25) is 0 Å². The van der Waals surface area contributed by atoms with E-state index in [4.69, 9.17) is 9.47 Å². The third kappa shape index (κ3) is 12.0. The summed E-state index contributed by atoms with van der Waals surface area (Å²) >= 11 is 1.58. The molecule has 2 aliphatic rings. The number of β-amino-alcohol motifs (C(OH)–C–C–N with tert-alkyl or cyclic N) is 1. The van der Waals surface area contributed by atoms with Crippen molar-refractivity contribution in [3.63, 3.8) is 0 Å². The Morgan fingerprint density at radius 1 is 0.882 bits per heavy atom. The summed E-state index contributed by atoms with van der Waals surface area (Å²) in [6.07, 6.45) is 0.619. The maximum Gasteiger partial charge on any atom is 0.327 e. The SMILES string of the molecule is COc1cc(NC(=O)N(C)c2cc(Nc3ccc(N4CCN(CC(=O)N[C@H](C(=O)N5C[C@H](O)C[C@H]5C(=O)N[C@@H](C)c5ccc(-c6scnc6C)cc5)C(C)(C)C)CC4)cc3)ncn2)cc(OC)c1. The average molecular weight is 948 g/mol. The number of urea groups is 1. The van der Waals surface area contributed by atoms with Crippen LogP contribution in [0.25, 0.3) is 10.4 Å². The van der Waals surface area contributed by atoms with Gasteiger partial charge in [-0.15, -0.1) is 11.3 Å². The minimum absolute atomic E-state index is 0.00180. The van der Waals surface area contributed by atoms with Crippen molar-refractivity contribution in [1.29, 1.82) is 0 Å². The molecule has 2 fully saturated rings. The molecule has 18 nitrogen and oxygen atoms in total. The van der Waals surface area contributed by atoms with Crippen LogP contribution in [0, 0.1) is 12.3 Å². The van der Waals surface area contributed by atoms with E-state index in [-0.39, 0.29) is 37.4 Å². The van der Waals surface area contributed by atoms with E-state index in [0.29, 0.717) is 55.0 Å². The Hall–Kier alpha value is -6.83. The van der Waals surface area contributed by atoms with Crippen molar-refractivity contribution in [3.05, 3.63) is 95.9 Å². The molecule has 68 heavy (non-hydrogen) atoms. The van der Waals surface area contributed by atoms with Crippen molar-refractivity contribution < 1.29 is 33.8 Å². The van der Waals surface area contributed by atoms with Gasteiger partial charge in [-0.1, -0.05) is 45.0 Å². The number of hydrogen-bond donors (Lipinski definition) is 5. The number of anilines is 5. The number of benzene rings is 3. The van der Waals surface area contributed by atoms with Gasteiger partial charge in [-0.3, -0.25) is 24.2 Å². The van der Waals surface area contributed by atoms with Gasteiger partial charge in [0.15, 0.2) is 0 Å². The molecule has 2 aromatic heterocycles. The first-order valence-electron chi connectivity index (χ1n) is 22.5. The Labute approximate surface area is 401 Å². The number of thiazole rings is 1. The zero-order chi connectivity index (χ0) is 48.7. The van der Waals surface area contributed by atoms with E-state index in [0.717, 1.165) is 33.1 Å². The van der Waals surface area contributed by atoms with E-state index in [9.17, 15) is 24.3 Å². The summed E-state index contributed by atoms with van der Waals surface area (Å²) in [6, 6.07) is 20.1. The van der Waals surface area contributed by atoms with E-state index < -0.39 is 35.5 Å². The molecule has 2 aliphatic heterocycles. The van der Waals surface area contributed by atoms with E-state index in [2.05, 4.69) is 46.0 Å². The first kappa shape index (κ1) is 49.1. The van der Waals surface area contributed by atoms with Crippen LogP contribution in [0.4, 0.5) is 33.5 Å². The molecule has 0 saturated carbocycles. The minimum atomic E-state index is -0.923. The normalized spacial score (nSPS) is 17.2.